The Kier molecular flexibility index (Phi) is 11.0. The fourth-order valence-electron chi connectivity index (χ4n) is 3.41. The highest BCUT2D eigenvalue weighted by atomic mass is 32.1. The van der Waals surface area contributed by atoms with Gasteiger partial charge in [-0.1, -0.05) is 102 Å². The van der Waals surface area contributed by atoms with Crippen LogP contribution in [0.15, 0.2) is 30.3 Å². The van der Waals surface area contributed by atoms with E-state index in [1.165, 1.54) is 51.4 Å². The predicted octanol–water partition coefficient (Wildman–Crippen LogP) is 7.21. The molecular weight excluding hydrogens is 300 g/mol. The average Bonchev–Trinajstić information content (AvgIpc) is 2.56. The summed E-state index contributed by atoms with van der Waals surface area (Å²) in [5, 5.41) is 9.95. The molecule has 0 saturated carbocycles. The summed E-state index contributed by atoms with van der Waals surface area (Å²) in [5.74, 6) is 0.946. The molecule has 0 bridgehead atoms. The molecule has 0 saturated heterocycles. The summed E-state index contributed by atoms with van der Waals surface area (Å²) in [4.78, 5) is 0. The lowest BCUT2D eigenvalue weighted by Crippen LogP contribution is -2.09. The number of hydrogen-bond donors (Lipinski definition) is 1. The van der Waals surface area contributed by atoms with Crippen LogP contribution in [-0.4, -0.2) is 10.2 Å². The number of rotatable bonds is 13. The highest BCUT2D eigenvalue weighted by molar-refractivity contribution is 7.80. The lowest BCUT2D eigenvalue weighted by Gasteiger charge is -2.17. The minimum absolute atomic E-state index is 0.0257. The molecule has 1 aromatic rings. The van der Waals surface area contributed by atoms with Crippen LogP contribution in [0.25, 0.3) is 0 Å². The van der Waals surface area contributed by atoms with Gasteiger partial charge in [-0.15, -0.1) is 0 Å². The Morgan fingerprint density at radius 3 is 2.13 bits per heavy atom. The zero-order chi connectivity index (χ0) is 16.9. The molecule has 1 nitrogen and oxygen atoms in total. The molecule has 1 aromatic carbocycles. The van der Waals surface area contributed by atoms with Gasteiger partial charge in [0.05, 0.1) is 5.92 Å². The van der Waals surface area contributed by atoms with Gasteiger partial charge in [0.15, 0.2) is 5.05 Å². The van der Waals surface area contributed by atoms with Crippen LogP contribution in [0, 0.1) is 5.92 Å². The van der Waals surface area contributed by atoms with Crippen LogP contribution < -0.4 is 0 Å². The number of aliphatic hydroxyl groups excluding tert-OH is 1. The second-order valence-electron chi connectivity index (χ2n) is 6.74. The second-order valence-corrected chi connectivity index (χ2v) is 7.15. The maximum Gasteiger partial charge on any atom is 0.164 e. The summed E-state index contributed by atoms with van der Waals surface area (Å²) in [5.41, 5.74) is 1.15. The number of aliphatic hydroxyl groups is 1. The van der Waals surface area contributed by atoms with Crippen molar-refractivity contribution in [3.05, 3.63) is 35.9 Å². The maximum atomic E-state index is 9.81. The van der Waals surface area contributed by atoms with Crippen LogP contribution in [0.3, 0.4) is 0 Å². The normalized spacial score (nSPS) is 13.7. The molecule has 130 valence electrons. The molecule has 2 heteroatoms. The first kappa shape index (κ1) is 20.2. The highest BCUT2D eigenvalue weighted by Gasteiger charge is 2.15. The van der Waals surface area contributed by atoms with E-state index in [1.54, 1.807) is 0 Å². The van der Waals surface area contributed by atoms with Gasteiger partial charge in [0.25, 0.3) is 0 Å². The van der Waals surface area contributed by atoms with E-state index in [0.29, 0.717) is 0 Å². The van der Waals surface area contributed by atoms with Gasteiger partial charge in [0, 0.05) is 0 Å². The van der Waals surface area contributed by atoms with Gasteiger partial charge in [0.2, 0.25) is 0 Å². The van der Waals surface area contributed by atoms with E-state index in [4.69, 9.17) is 12.2 Å². The van der Waals surface area contributed by atoms with Crippen molar-refractivity contribution < 1.29 is 5.11 Å². The summed E-state index contributed by atoms with van der Waals surface area (Å²) in [6.45, 7) is 4.58. The molecule has 0 fully saturated rings. The fourth-order valence-corrected chi connectivity index (χ4v) is 3.66. The molecule has 0 radical (unpaired) electrons. The van der Waals surface area contributed by atoms with Crippen LogP contribution in [0.1, 0.15) is 89.5 Å². The molecule has 1 rings (SSSR count). The third kappa shape index (κ3) is 8.50. The van der Waals surface area contributed by atoms with E-state index in [2.05, 4.69) is 26.0 Å². The Bertz CT molecular complexity index is 415. The Hall–Kier alpha value is -0.890. The average molecular weight is 335 g/mol. The molecule has 0 heterocycles. The van der Waals surface area contributed by atoms with Crippen LogP contribution in [-0.2, 0) is 0 Å². The number of thiocarbonyl (C=S) groups is 1. The van der Waals surface area contributed by atoms with Crippen molar-refractivity contribution in [2.45, 2.75) is 84.0 Å². The molecule has 2 unspecified atom stereocenters. The van der Waals surface area contributed by atoms with E-state index < -0.39 is 0 Å². The van der Waals surface area contributed by atoms with Gasteiger partial charge in [0.1, 0.15) is 0 Å². The zero-order valence-electron chi connectivity index (χ0n) is 15.0. The third-order valence-corrected chi connectivity index (χ3v) is 5.05. The van der Waals surface area contributed by atoms with Crippen LogP contribution >= 0.6 is 12.2 Å². The van der Waals surface area contributed by atoms with Crippen molar-refractivity contribution >= 4 is 17.3 Å². The van der Waals surface area contributed by atoms with Crippen LogP contribution in [0.4, 0.5) is 0 Å². The molecule has 0 aliphatic carbocycles. The van der Waals surface area contributed by atoms with E-state index in [1.807, 2.05) is 18.2 Å². The van der Waals surface area contributed by atoms with Gasteiger partial charge in [-0.2, -0.15) is 0 Å². The van der Waals surface area contributed by atoms with Gasteiger partial charge < -0.3 is 5.11 Å². The monoisotopic (exact) mass is 334 g/mol. The molecule has 0 aliphatic rings. The van der Waals surface area contributed by atoms with Gasteiger partial charge in [-0.05, 0) is 30.1 Å². The van der Waals surface area contributed by atoms with E-state index >= 15 is 0 Å². The molecular formula is C21H34OS. The van der Waals surface area contributed by atoms with Crippen molar-refractivity contribution in [1.82, 2.24) is 0 Å². The standard InChI is InChI=1S/C21H34OS/c1-3-5-13-18(12-4-2)14-8-6-11-17-20(21(22)23)19-15-9-7-10-16-19/h7,9-10,15-16,18,20H,3-6,8,11-14,17H2,1-2H3,(H,22,23). The second kappa shape index (κ2) is 12.5. The molecule has 23 heavy (non-hydrogen) atoms. The van der Waals surface area contributed by atoms with Gasteiger partial charge in [-0.3, -0.25) is 0 Å². The summed E-state index contributed by atoms with van der Waals surface area (Å²) in [7, 11) is 0. The Balaban J connectivity index is 2.30. The zero-order valence-corrected chi connectivity index (χ0v) is 15.8. The van der Waals surface area contributed by atoms with Crippen molar-refractivity contribution in [3.8, 4) is 0 Å². The van der Waals surface area contributed by atoms with Gasteiger partial charge >= 0.3 is 0 Å². The Morgan fingerprint density at radius 2 is 1.52 bits per heavy atom. The highest BCUT2D eigenvalue weighted by Crippen LogP contribution is 2.26. The number of hydrogen-bond acceptors (Lipinski definition) is 1. The first-order chi connectivity index (χ1) is 11.2. The van der Waals surface area contributed by atoms with E-state index in [0.717, 1.165) is 24.3 Å². The first-order valence-corrected chi connectivity index (χ1v) is 9.87. The largest absolute Gasteiger partial charge is 0.502 e. The summed E-state index contributed by atoms with van der Waals surface area (Å²) in [6.07, 6.45) is 12.8. The number of benzene rings is 1. The van der Waals surface area contributed by atoms with Crippen molar-refractivity contribution in [3.63, 3.8) is 0 Å². The summed E-state index contributed by atoms with van der Waals surface area (Å²) >= 11 is 5.06. The molecule has 2 atom stereocenters. The lowest BCUT2D eigenvalue weighted by atomic mass is 9.90. The summed E-state index contributed by atoms with van der Waals surface area (Å²) in [6, 6.07) is 10.2. The van der Waals surface area contributed by atoms with Crippen molar-refractivity contribution in [1.29, 1.82) is 0 Å². The fraction of sp³-hybridized carbons (Fsp3) is 0.667. The van der Waals surface area contributed by atoms with Crippen molar-refractivity contribution in [2.24, 2.45) is 5.92 Å². The predicted molar refractivity (Wildman–Crippen MR) is 105 cm³/mol. The van der Waals surface area contributed by atoms with E-state index in [9.17, 15) is 5.11 Å². The Labute approximate surface area is 148 Å². The maximum absolute atomic E-state index is 9.81. The molecule has 0 spiro atoms. The number of unbranched alkanes of at least 4 members (excludes halogenated alkanes) is 3. The smallest absolute Gasteiger partial charge is 0.164 e. The lowest BCUT2D eigenvalue weighted by molar-refractivity contribution is 0.383. The van der Waals surface area contributed by atoms with Crippen LogP contribution in [0.2, 0.25) is 0 Å². The van der Waals surface area contributed by atoms with E-state index in [-0.39, 0.29) is 11.0 Å². The minimum atomic E-state index is 0.0257. The SMILES string of the molecule is CCCCC(CCC)CCCCCC(C(O)=S)c1ccccc1. The third-order valence-electron chi connectivity index (χ3n) is 4.77. The van der Waals surface area contributed by atoms with Crippen LogP contribution in [0.5, 0.6) is 0 Å². The molecule has 0 amide bonds. The molecule has 1 N–H and O–H groups in total. The molecule has 0 aromatic heterocycles. The first-order valence-electron chi connectivity index (χ1n) is 9.46. The summed E-state index contributed by atoms with van der Waals surface area (Å²) < 4.78 is 0. The Morgan fingerprint density at radius 1 is 0.870 bits per heavy atom. The van der Waals surface area contributed by atoms with Gasteiger partial charge in [-0.25, -0.2) is 0 Å². The topological polar surface area (TPSA) is 20.2 Å². The quantitative estimate of drug-likeness (QED) is 0.304. The molecule has 0 aliphatic heterocycles. The van der Waals surface area contributed by atoms with Crippen molar-refractivity contribution in [2.75, 3.05) is 0 Å². The minimum Gasteiger partial charge on any atom is -0.502 e.